The lowest BCUT2D eigenvalue weighted by Gasteiger charge is -2.27. The second-order valence-corrected chi connectivity index (χ2v) is 6.79. The van der Waals surface area contributed by atoms with E-state index in [0.717, 1.165) is 37.9 Å². The van der Waals surface area contributed by atoms with Crippen LogP contribution in [0.3, 0.4) is 0 Å². The van der Waals surface area contributed by atoms with Gasteiger partial charge in [0.15, 0.2) is 0 Å². The molecule has 2 saturated heterocycles. The first-order valence-electron chi connectivity index (χ1n) is 8.88. The maximum atomic E-state index is 13.0. The fraction of sp³-hybridized carbons (Fsp3) is 0.421. The number of aromatic nitrogens is 2. The minimum absolute atomic E-state index is 0. The molecule has 3 heterocycles. The maximum absolute atomic E-state index is 13.0. The summed E-state index contributed by atoms with van der Waals surface area (Å²) in [6, 6.07) is 13.2. The van der Waals surface area contributed by atoms with Gasteiger partial charge in [-0.25, -0.2) is 4.68 Å². The van der Waals surface area contributed by atoms with E-state index in [1.54, 1.807) is 6.07 Å². The zero-order valence-corrected chi connectivity index (χ0v) is 15.3. The number of amides is 1. The molecule has 6 nitrogen and oxygen atoms in total. The van der Waals surface area contributed by atoms with Gasteiger partial charge in [0.2, 0.25) is 0 Å². The number of rotatable bonds is 3. The highest BCUT2D eigenvalue weighted by molar-refractivity contribution is 5.92. The zero-order valence-electron chi connectivity index (χ0n) is 14.5. The van der Waals surface area contributed by atoms with Crippen molar-refractivity contribution in [2.45, 2.75) is 37.9 Å². The molecule has 2 unspecified atom stereocenters. The number of nitrogens with one attached hydrogen (secondary N) is 1. The summed E-state index contributed by atoms with van der Waals surface area (Å²) in [6.07, 6.45) is 3.07. The fourth-order valence-electron chi connectivity index (χ4n) is 3.88. The van der Waals surface area contributed by atoms with Gasteiger partial charge in [0, 0.05) is 24.7 Å². The lowest BCUT2D eigenvalue weighted by molar-refractivity contribution is 0.0671. The quantitative estimate of drug-likeness (QED) is 0.887. The van der Waals surface area contributed by atoms with Crippen LogP contribution in [0.25, 0.3) is 0 Å². The molecule has 2 aliphatic rings. The van der Waals surface area contributed by atoms with Gasteiger partial charge in [-0.05, 0) is 37.4 Å². The molecule has 0 aliphatic carbocycles. The molecule has 26 heavy (non-hydrogen) atoms. The van der Waals surface area contributed by atoms with Crippen LogP contribution in [0, 0.1) is 0 Å². The third-order valence-electron chi connectivity index (χ3n) is 5.15. The third-order valence-corrected chi connectivity index (χ3v) is 5.15. The van der Waals surface area contributed by atoms with E-state index >= 15 is 0 Å². The van der Waals surface area contributed by atoms with Crippen molar-refractivity contribution in [2.75, 3.05) is 13.1 Å². The minimum Gasteiger partial charge on any atom is -0.330 e. The first-order valence-corrected chi connectivity index (χ1v) is 8.88. The van der Waals surface area contributed by atoms with Gasteiger partial charge >= 0.3 is 0 Å². The van der Waals surface area contributed by atoms with Crippen molar-refractivity contribution in [2.24, 2.45) is 0 Å². The van der Waals surface area contributed by atoms with Crippen LogP contribution in [-0.4, -0.2) is 45.8 Å². The van der Waals surface area contributed by atoms with Gasteiger partial charge in [0.05, 0.1) is 6.54 Å². The van der Waals surface area contributed by atoms with Crippen molar-refractivity contribution in [1.29, 1.82) is 0 Å². The van der Waals surface area contributed by atoms with Gasteiger partial charge in [0.25, 0.3) is 11.5 Å². The van der Waals surface area contributed by atoms with Crippen LogP contribution >= 0.6 is 12.4 Å². The molecule has 7 heteroatoms. The SMILES string of the molecule is Cl.O=C(c1ccc(=O)n(Cc2ccccc2)n1)N1C2CCNCC1CC2. The number of hydrogen-bond donors (Lipinski definition) is 1. The third kappa shape index (κ3) is 3.66. The summed E-state index contributed by atoms with van der Waals surface area (Å²) in [5.74, 6) is -0.0574. The van der Waals surface area contributed by atoms with E-state index in [-0.39, 0.29) is 36.0 Å². The Morgan fingerprint density at radius 3 is 2.65 bits per heavy atom. The Kier molecular flexibility index (Phi) is 5.74. The number of halogens is 1. The molecule has 0 spiro atoms. The largest absolute Gasteiger partial charge is 0.330 e. The van der Waals surface area contributed by atoms with Crippen molar-refractivity contribution in [3.63, 3.8) is 0 Å². The Balaban J connectivity index is 0.00000196. The van der Waals surface area contributed by atoms with E-state index in [0.29, 0.717) is 12.2 Å². The van der Waals surface area contributed by atoms with Gasteiger partial charge in [-0.2, -0.15) is 5.10 Å². The van der Waals surface area contributed by atoms with E-state index < -0.39 is 0 Å². The number of fused-ring (bicyclic) bond motifs is 2. The summed E-state index contributed by atoms with van der Waals surface area (Å²) in [6.45, 7) is 2.16. The lowest BCUT2D eigenvalue weighted by Crippen LogP contribution is -2.43. The van der Waals surface area contributed by atoms with Gasteiger partial charge in [-0.1, -0.05) is 30.3 Å². The highest BCUT2D eigenvalue weighted by atomic mass is 35.5. The highest BCUT2D eigenvalue weighted by Gasteiger charge is 2.38. The number of nitrogens with zero attached hydrogens (tertiary/aromatic N) is 3. The van der Waals surface area contributed by atoms with E-state index in [1.807, 2.05) is 35.2 Å². The van der Waals surface area contributed by atoms with Crippen molar-refractivity contribution < 1.29 is 4.79 Å². The number of carbonyl (C=O) groups is 1. The molecule has 1 N–H and O–H groups in total. The van der Waals surface area contributed by atoms with Crippen LogP contribution < -0.4 is 10.9 Å². The number of carbonyl (C=O) groups excluding carboxylic acids is 1. The summed E-state index contributed by atoms with van der Waals surface area (Å²) in [5, 5.41) is 7.76. The summed E-state index contributed by atoms with van der Waals surface area (Å²) < 4.78 is 1.38. The molecule has 2 bridgehead atoms. The summed E-state index contributed by atoms with van der Waals surface area (Å²) in [5.41, 5.74) is 1.15. The highest BCUT2D eigenvalue weighted by Crippen LogP contribution is 2.29. The predicted molar refractivity (Wildman–Crippen MR) is 102 cm³/mol. The van der Waals surface area contributed by atoms with Crippen LogP contribution in [0.4, 0.5) is 0 Å². The van der Waals surface area contributed by atoms with Gasteiger partial charge in [-0.15, -0.1) is 12.4 Å². The molecular weight excluding hydrogens is 352 g/mol. The molecule has 2 aliphatic heterocycles. The molecule has 1 aromatic heterocycles. The molecule has 138 valence electrons. The Labute approximate surface area is 158 Å². The van der Waals surface area contributed by atoms with E-state index in [4.69, 9.17) is 0 Å². The monoisotopic (exact) mass is 374 g/mol. The molecule has 2 atom stereocenters. The van der Waals surface area contributed by atoms with Crippen molar-refractivity contribution in [3.8, 4) is 0 Å². The van der Waals surface area contributed by atoms with Gasteiger partial charge < -0.3 is 10.2 Å². The van der Waals surface area contributed by atoms with Crippen molar-refractivity contribution in [1.82, 2.24) is 20.0 Å². The number of benzene rings is 1. The average molecular weight is 375 g/mol. The van der Waals surface area contributed by atoms with Crippen LogP contribution in [0.1, 0.15) is 35.3 Å². The lowest BCUT2D eigenvalue weighted by atomic mass is 10.1. The Morgan fingerprint density at radius 1 is 1.08 bits per heavy atom. The van der Waals surface area contributed by atoms with Crippen molar-refractivity contribution >= 4 is 18.3 Å². The summed E-state index contributed by atoms with van der Waals surface area (Å²) in [4.78, 5) is 27.2. The molecule has 2 aromatic rings. The normalized spacial score (nSPS) is 21.8. The molecular formula is C19H23ClN4O2. The molecule has 0 radical (unpaired) electrons. The van der Waals surface area contributed by atoms with Gasteiger partial charge in [0.1, 0.15) is 5.69 Å². The van der Waals surface area contributed by atoms with E-state index in [1.165, 1.54) is 10.7 Å². The second-order valence-electron chi connectivity index (χ2n) is 6.79. The fourth-order valence-corrected chi connectivity index (χ4v) is 3.88. The van der Waals surface area contributed by atoms with Crippen LogP contribution in [0.15, 0.2) is 47.3 Å². The molecule has 1 amide bonds. The van der Waals surface area contributed by atoms with E-state index in [2.05, 4.69) is 10.4 Å². The van der Waals surface area contributed by atoms with Crippen LogP contribution in [-0.2, 0) is 6.54 Å². The predicted octanol–water partition coefficient (Wildman–Crippen LogP) is 1.68. The van der Waals surface area contributed by atoms with Crippen LogP contribution in [0.2, 0.25) is 0 Å². The average Bonchev–Trinajstić information content (AvgIpc) is 2.90. The van der Waals surface area contributed by atoms with E-state index in [9.17, 15) is 9.59 Å². The summed E-state index contributed by atoms with van der Waals surface area (Å²) in [7, 11) is 0. The zero-order chi connectivity index (χ0) is 17.2. The topological polar surface area (TPSA) is 67.2 Å². The van der Waals surface area contributed by atoms with Crippen LogP contribution in [0.5, 0.6) is 0 Å². The summed E-state index contributed by atoms with van der Waals surface area (Å²) >= 11 is 0. The molecule has 2 fully saturated rings. The Bertz CT molecular complexity index is 810. The first kappa shape index (κ1) is 18.6. The van der Waals surface area contributed by atoms with Crippen molar-refractivity contribution in [3.05, 3.63) is 64.1 Å². The molecule has 0 saturated carbocycles. The Morgan fingerprint density at radius 2 is 1.85 bits per heavy atom. The maximum Gasteiger partial charge on any atom is 0.274 e. The number of hydrogen-bond acceptors (Lipinski definition) is 4. The second kappa shape index (κ2) is 8.01. The Hall–Kier alpha value is -2.18. The first-order chi connectivity index (χ1) is 12.2. The molecule has 4 rings (SSSR count). The minimum atomic E-state index is -0.194. The van der Waals surface area contributed by atoms with Gasteiger partial charge in [-0.3, -0.25) is 9.59 Å². The standard InChI is InChI=1S/C19H22N4O2.ClH/c24-18-9-8-17(21-22(18)13-14-4-2-1-3-5-14)19(25)23-15-6-7-16(23)12-20-11-10-15;/h1-5,8-9,15-16,20H,6-7,10-13H2;1H. The molecule has 1 aromatic carbocycles. The smallest absolute Gasteiger partial charge is 0.274 e.